The van der Waals surface area contributed by atoms with Crippen LogP contribution in [0.3, 0.4) is 0 Å². The molecule has 0 amide bonds. The summed E-state index contributed by atoms with van der Waals surface area (Å²) in [4.78, 5) is 18.0. The van der Waals surface area contributed by atoms with Gasteiger partial charge in [0.2, 0.25) is 5.88 Å². The molecule has 3 aromatic rings. The van der Waals surface area contributed by atoms with Gasteiger partial charge in [-0.3, -0.25) is 14.8 Å². The molecule has 2 heterocycles. The Kier molecular flexibility index (Phi) is 4.73. The molecule has 0 unspecified atom stereocenters. The van der Waals surface area contributed by atoms with Crippen LogP contribution in [0, 0.1) is 0 Å². The van der Waals surface area contributed by atoms with Crippen molar-refractivity contribution in [1.29, 1.82) is 0 Å². The van der Waals surface area contributed by atoms with E-state index in [1.807, 2.05) is 42.6 Å². The molecule has 6 heteroatoms. The van der Waals surface area contributed by atoms with Gasteiger partial charge >= 0.3 is 4.87 Å². The molecule has 0 aliphatic carbocycles. The average molecular weight is 328 g/mol. The number of aromatic amines is 1. The number of H-pyrrole nitrogens is 1. The lowest BCUT2D eigenvalue weighted by molar-refractivity contribution is 0.322. The number of hydrogen-bond acceptors (Lipinski definition) is 5. The molecule has 0 saturated carbocycles. The summed E-state index contributed by atoms with van der Waals surface area (Å²) in [7, 11) is 0. The summed E-state index contributed by atoms with van der Waals surface area (Å²) in [6, 6.07) is 11.6. The van der Waals surface area contributed by atoms with E-state index in [0.717, 1.165) is 34.6 Å². The molecular weight excluding hydrogens is 312 g/mol. The number of nitrogens with zero attached hydrogens (tertiary/aromatic N) is 1. The first-order valence-electron chi connectivity index (χ1n) is 7.22. The van der Waals surface area contributed by atoms with Gasteiger partial charge in [-0.1, -0.05) is 29.5 Å². The zero-order chi connectivity index (χ0) is 16.1. The maximum Gasteiger partial charge on any atom is 0.307 e. The zero-order valence-corrected chi connectivity index (χ0v) is 13.2. The number of pyridine rings is 1. The molecule has 0 atom stereocenters. The van der Waals surface area contributed by atoms with Gasteiger partial charge in [-0.15, -0.1) is 0 Å². The zero-order valence-electron chi connectivity index (χ0n) is 12.4. The number of hydrogen-bond donors (Lipinski definition) is 2. The van der Waals surface area contributed by atoms with E-state index in [1.54, 1.807) is 6.20 Å². The van der Waals surface area contributed by atoms with Crippen molar-refractivity contribution in [2.24, 2.45) is 0 Å². The third-order valence-corrected chi connectivity index (χ3v) is 4.24. The summed E-state index contributed by atoms with van der Waals surface area (Å²) in [5.74, 6) is 0.751. The minimum atomic E-state index is -0.243. The highest BCUT2D eigenvalue weighted by Crippen LogP contribution is 2.21. The molecule has 2 N–H and O–H groups in total. The molecule has 3 rings (SSSR count). The highest BCUT2D eigenvalue weighted by atomic mass is 32.1. The maximum absolute atomic E-state index is 11.2. The van der Waals surface area contributed by atoms with Gasteiger partial charge in [-0.25, -0.2) is 0 Å². The Morgan fingerprint density at radius 3 is 2.65 bits per heavy atom. The normalized spacial score (nSPS) is 10.6. The predicted octanol–water partition coefficient (Wildman–Crippen LogP) is 2.75. The lowest BCUT2D eigenvalue weighted by Crippen LogP contribution is -2.01. The quantitative estimate of drug-likeness (QED) is 0.729. The Morgan fingerprint density at radius 1 is 1.17 bits per heavy atom. The molecule has 118 valence electrons. The molecule has 0 fully saturated rings. The molecule has 5 nitrogen and oxygen atoms in total. The number of thiazole rings is 1. The monoisotopic (exact) mass is 328 g/mol. The molecule has 1 aromatic carbocycles. The summed E-state index contributed by atoms with van der Waals surface area (Å²) >= 11 is 1.03. The molecule has 0 aliphatic heterocycles. The van der Waals surface area contributed by atoms with E-state index in [1.165, 1.54) is 0 Å². The molecule has 0 radical (unpaired) electrons. The van der Waals surface area contributed by atoms with E-state index in [4.69, 9.17) is 4.74 Å². The van der Waals surface area contributed by atoms with Gasteiger partial charge in [0.25, 0.3) is 0 Å². The fraction of sp³-hybridized carbons (Fsp3) is 0.176. The van der Waals surface area contributed by atoms with Crippen LogP contribution >= 0.6 is 11.3 Å². The Balaban J connectivity index is 1.55. The SMILES string of the molecule is O=c1[nH]c(O)c(Cc2ccc(OCCc3cccnc3)cc2)s1. The fourth-order valence-electron chi connectivity index (χ4n) is 2.19. The lowest BCUT2D eigenvalue weighted by Gasteiger charge is -2.07. The summed E-state index contributed by atoms with van der Waals surface area (Å²) in [6.07, 6.45) is 4.91. The molecule has 2 aromatic heterocycles. The second-order valence-corrected chi connectivity index (χ2v) is 6.13. The topological polar surface area (TPSA) is 75.2 Å². The largest absolute Gasteiger partial charge is 0.494 e. The number of aromatic hydroxyl groups is 1. The van der Waals surface area contributed by atoms with Crippen molar-refractivity contribution >= 4 is 11.3 Å². The van der Waals surface area contributed by atoms with E-state index in [2.05, 4.69) is 9.97 Å². The molecule has 0 aliphatic rings. The second-order valence-electron chi connectivity index (χ2n) is 5.07. The minimum absolute atomic E-state index is 0.0446. The van der Waals surface area contributed by atoms with Crippen molar-refractivity contribution in [2.75, 3.05) is 6.61 Å². The van der Waals surface area contributed by atoms with Gasteiger partial charge in [0, 0.05) is 25.2 Å². The van der Waals surface area contributed by atoms with Crippen LogP contribution in [0.2, 0.25) is 0 Å². The van der Waals surface area contributed by atoms with E-state index < -0.39 is 0 Å². The number of nitrogens with one attached hydrogen (secondary N) is 1. The van der Waals surface area contributed by atoms with Crippen LogP contribution in [0.1, 0.15) is 16.0 Å². The number of ether oxygens (including phenoxy) is 1. The van der Waals surface area contributed by atoms with Crippen molar-refractivity contribution in [2.45, 2.75) is 12.8 Å². The first kappa shape index (κ1) is 15.3. The summed E-state index contributed by atoms with van der Waals surface area (Å²) < 4.78 is 5.71. The Hall–Kier alpha value is -2.60. The predicted molar refractivity (Wildman–Crippen MR) is 89.3 cm³/mol. The smallest absolute Gasteiger partial charge is 0.307 e. The first-order valence-corrected chi connectivity index (χ1v) is 8.04. The molecule has 0 saturated heterocycles. The van der Waals surface area contributed by atoms with Crippen molar-refractivity contribution in [3.8, 4) is 11.6 Å². The van der Waals surface area contributed by atoms with Crippen LogP contribution in [0.5, 0.6) is 11.6 Å². The Morgan fingerprint density at radius 2 is 2.00 bits per heavy atom. The van der Waals surface area contributed by atoms with Crippen LogP contribution in [-0.2, 0) is 12.8 Å². The third-order valence-electron chi connectivity index (χ3n) is 3.37. The van der Waals surface area contributed by atoms with E-state index in [0.29, 0.717) is 17.9 Å². The van der Waals surface area contributed by atoms with Crippen molar-refractivity contribution in [1.82, 2.24) is 9.97 Å². The van der Waals surface area contributed by atoms with Crippen molar-refractivity contribution < 1.29 is 9.84 Å². The van der Waals surface area contributed by atoms with Gasteiger partial charge in [0.05, 0.1) is 11.5 Å². The minimum Gasteiger partial charge on any atom is -0.494 e. The van der Waals surface area contributed by atoms with E-state index >= 15 is 0 Å². The van der Waals surface area contributed by atoms with Gasteiger partial charge < -0.3 is 9.84 Å². The standard InChI is InChI=1S/C17H16N2O3S/c20-16-15(23-17(21)19-16)10-12-3-5-14(6-4-12)22-9-7-13-2-1-8-18-11-13/h1-6,8,11,20H,7,9-10H2,(H,19,21). The lowest BCUT2D eigenvalue weighted by atomic mass is 10.1. The molecular formula is C17H16N2O3S. The number of aromatic nitrogens is 2. The second kappa shape index (κ2) is 7.11. The highest BCUT2D eigenvalue weighted by molar-refractivity contribution is 7.09. The van der Waals surface area contributed by atoms with Crippen LogP contribution in [-0.4, -0.2) is 21.7 Å². The van der Waals surface area contributed by atoms with Gasteiger partial charge in [0.15, 0.2) is 0 Å². The van der Waals surface area contributed by atoms with Crippen molar-refractivity contribution in [3.05, 3.63) is 74.5 Å². The Bertz CT molecular complexity index is 810. The average Bonchev–Trinajstić information content (AvgIpc) is 2.88. The van der Waals surface area contributed by atoms with Gasteiger partial charge in [-0.05, 0) is 29.3 Å². The van der Waals surface area contributed by atoms with Crippen molar-refractivity contribution in [3.63, 3.8) is 0 Å². The first-order chi connectivity index (χ1) is 11.2. The van der Waals surface area contributed by atoms with E-state index in [9.17, 15) is 9.90 Å². The number of rotatable bonds is 6. The summed E-state index contributed by atoms with van der Waals surface area (Å²) in [6.45, 7) is 0.589. The van der Waals surface area contributed by atoms with Crippen LogP contribution < -0.4 is 9.61 Å². The molecule has 0 bridgehead atoms. The summed E-state index contributed by atoms with van der Waals surface area (Å²) in [5, 5.41) is 9.60. The fourth-order valence-corrected chi connectivity index (χ4v) is 2.95. The van der Waals surface area contributed by atoms with Crippen LogP contribution in [0.15, 0.2) is 53.6 Å². The molecule has 0 spiro atoms. The van der Waals surface area contributed by atoms with Crippen LogP contribution in [0.4, 0.5) is 0 Å². The number of benzene rings is 1. The summed E-state index contributed by atoms with van der Waals surface area (Å²) in [5.41, 5.74) is 2.15. The molecule has 23 heavy (non-hydrogen) atoms. The third kappa shape index (κ3) is 4.20. The Labute approximate surface area is 137 Å². The highest BCUT2D eigenvalue weighted by Gasteiger charge is 2.07. The van der Waals surface area contributed by atoms with Gasteiger partial charge in [0.1, 0.15) is 5.75 Å². The van der Waals surface area contributed by atoms with Gasteiger partial charge in [-0.2, -0.15) is 0 Å². The van der Waals surface area contributed by atoms with E-state index in [-0.39, 0.29) is 10.8 Å². The maximum atomic E-state index is 11.2. The van der Waals surface area contributed by atoms with Crippen LogP contribution in [0.25, 0.3) is 0 Å².